The monoisotopic (exact) mass is 510 g/mol. The summed E-state index contributed by atoms with van der Waals surface area (Å²) >= 11 is 1.58. The predicted molar refractivity (Wildman–Crippen MR) is 144 cm³/mol. The van der Waals surface area contributed by atoms with Gasteiger partial charge in [-0.1, -0.05) is 65.9 Å². The Kier molecular flexibility index (Phi) is 7.37. The zero-order valence-corrected chi connectivity index (χ0v) is 21.4. The van der Waals surface area contributed by atoms with Gasteiger partial charge in [-0.05, 0) is 48.9 Å². The fourth-order valence-corrected chi connectivity index (χ4v) is 4.77. The number of carbonyl (C=O) groups is 1. The summed E-state index contributed by atoms with van der Waals surface area (Å²) < 4.78 is 12.9. The van der Waals surface area contributed by atoms with Crippen molar-refractivity contribution in [3.63, 3.8) is 0 Å². The fraction of sp³-hybridized carbons (Fsp3) is 0.138. The summed E-state index contributed by atoms with van der Waals surface area (Å²) in [7, 11) is 1.66. The molecule has 2 aromatic heterocycles. The number of amides is 1. The number of thioether (sulfide) groups is 1. The largest absolute Gasteiger partial charge is 0.495 e. The van der Waals surface area contributed by atoms with E-state index < -0.39 is 0 Å². The second-order valence-corrected chi connectivity index (χ2v) is 9.37. The van der Waals surface area contributed by atoms with Crippen molar-refractivity contribution in [3.05, 3.63) is 114 Å². The predicted octanol–water partition coefficient (Wildman–Crippen LogP) is 6.07. The maximum Gasteiger partial charge on any atom is 0.251 e. The molecule has 5 rings (SSSR count). The van der Waals surface area contributed by atoms with Gasteiger partial charge in [0.25, 0.3) is 5.91 Å². The maximum absolute atomic E-state index is 12.5. The quantitative estimate of drug-likeness (QED) is 0.243. The molecule has 0 bridgehead atoms. The number of hydrogen-bond acceptors (Lipinski definition) is 6. The maximum atomic E-state index is 12.5. The van der Waals surface area contributed by atoms with E-state index in [4.69, 9.17) is 9.15 Å². The molecule has 37 heavy (non-hydrogen) atoms. The first-order valence-electron chi connectivity index (χ1n) is 11.8. The summed E-state index contributed by atoms with van der Waals surface area (Å²) in [6, 6.07) is 27.3. The van der Waals surface area contributed by atoms with Gasteiger partial charge in [0.1, 0.15) is 11.5 Å². The number of rotatable bonds is 9. The van der Waals surface area contributed by atoms with Crippen LogP contribution in [-0.2, 0) is 12.3 Å². The number of aryl methyl sites for hydroxylation is 1. The van der Waals surface area contributed by atoms with E-state index in [0.29, 0.717) is 23.6 Å². The molecule has 0 unspecified atom stereocenters. The van der Waals surface area contributed by atoms with Crippen LogP contribution in [0.4, 0.5) is 0 Å². The molecule has 0 saturated carbocycles. The number of hydrogen-bond donors (Lipinski definition) is 1. The van der Waals surface area contributed by atoms with Crippen LogP contribution in [0.1, 0.15) is 27.2 Å². The molecular weight excluding hydrogens is 484 g/mol. The van der Waals surface area contributed by atoms with Gasteiger partial charge < -0.3 is 14.5 Å². The van der Waals surface area contributed by atoms with Gasteiger partial charge >= 0.3 is 0 Å². The van der Waals surface area contributed by atoms with Crippen LogP contribution in [0.25, 0.3) is 17.1 Å². The molecule has 0 atom stereocenters. The molecule has 0 aliphatic rings. The van der Waals surface area contributed by atoms with Crippen molar-refractivity contribution >= 4 is 17.7 Å². The second-order valence-electron chi connectivity index (χ2n) is 8.43. The first-order valence-corrected chi connectivity index (χ1v) is 12.8. The molecule has 0 saturated heterocycles. The number of ether oxygens (including phenoxy) is 1. The topological polar surface area (TPSA) is 82.2 Å². The van der Waals surface area contributed by atoms with Gasteiger partial charge in [-0.2, -0.15) is 0 Å². The van der Waals surface area contributed by atoms with Crippen molar-refractivity contribution in [2.75, 3.05) is 7.11 Å². The van der Waals surface area contributed by atoms with Crippen LogP contribution in [0.15, 0.2) is 101 Å². The minimum atomic E-state index is -0.144. The first-order chi connectivity index (χ1) is 18.1. The molecule has 1 amide bonds. The normalized spacial score (nSPS) is 10.9. The highest BCUT2D eigenvalue weighted by molar-refractivity contribution is 7.98. The summed E-state index contributed by atoms with van der Waals surface area (Å²) in [5, 5.41) is 12.7. The fourth-order valence-electron chi connectivity index (χ4n) is 3.87. The Balaban J connectivity index is 1.35. The van der Waals surface area contributed by atoms with Gasteiger partial charge in [-0.15, -0.1) is 10.2 Å². The number of para-hydroxylation sites is 2. The van der Waals surface area contributed by atoms with Gasteiger partial charge in [-0.25, -0.2) is 0 Å². The van der Waals surface area contributed by atoms with Gasteiger partial charge in [0.2, 0.25) is 0 Å². The Morgan fingerprint density at radius 1 is 0.973 bits per heavy atom. The summed E-state index contributed by atoms with van der Waals surface area (Å²) in [6.07, 6.45) is 1.59. The van der Waals surface area contributed by atoms with Gasteiger partial charge in [-0.3, -0.25) is 9.36 Å². The zero-order chi connectivity index (χ0) is 25.6. The third-order valence-corrected chi connectivity index (χ3v) is 6.86. The van der Waals surface area contributed by atoms with E-state index in [1.807, 2.05) is 59.2 Å². The van der Waals surface area contributed by atoms with Crippen LogP contribution in [0.2, 0.25) is 0 Å². The number of nitrogens with one attached hydrogen (secondary N) is 1. The zero-order valence-electron chi connectivity index (χ0n) is 20.5. The number of aromatic nitrogens is 3. The third kappa shape index (κ3) is 5.59. The minimum absolute atomic E-state index is 0.144. The molecule has 3 aromatic carbocycles. The number of nitrogens with zero attached hydrogens (tertiary/aromatic N) is 3. The Bertz CT molecular complexity index is 1480. The van der Waals surface area contributed by atoms with Crippen molar-refractivity contribution in [1.82, 2.24) is 20.1 Å². The van der Waals surface area contributed by atoms with Crippen LogP contribution >= 0.6 is 11.8 Å². The Labute approximate surface area is 219 Å². The van der Waals surface area contributed by atoms with Gasteiger partial charge in [0.15, 0.2) is 11.0 Å². The summed E-state index contributed by atoms with van der Waals surface area (Å²) in [5.41, 5.74) is 4.69. The first kappa shape index (κ1) is 24.4. The Morgan fingerprint density at radius 2 is 1.76 bits per heavy atom. The van der Waals surface area contributed by atoms with Crippen LogP contribution in [0.5, 0.6) is 5.75 Å². The highest BCUT2D eigenvalue weighted by atomic mass is 32.2. The molecule has 0 spiro atoms. The number of methoxy groups -OCH3 is 1. The van der Waals surface area contributed by atoms with Crippen LogP contribution in [-0.4, -0.2) is 27.8 Å². The lowest BCUT2D eigenvalue weighted by Crippen LogP contribution is -2.22. The lowest BCUT2D eigenvalue weighted by atomic mass is 10.1. The molecule has 8 heteroatoms. The third-order valence-electron chi connectivity index (χ3n) is 5.86. The lowest BCUT2D eigenvalue weighted by Gasteiger charge is -2.14. The van der Waals surface area contributed by atoms with E-state index in [1.165, 1.54) is 5.56 Å². The number of benzene rings is 3. The van der Waals surface area contributed by atoms with Gasteiger partial charge in [0.05, 0.1) is 25.6 Å². The van der Waals surface area contributed by atoms with Crippen molar-refractivity contribution in [1.29, 1.82) is 0 Å². The van der Waals surface area contributed by atoms with E-state index >= 15 is 0 Å². The number of carbonyl (C=O) groups excluding carboxylic acids is 1. The van der Waals surface area contributed by atoms with E-state index in [9.17, 15) is 4.79 Å². The standard InChI is InChI=1S/C29H26N4O3S/c1-20-9-13-22(14-10-20)27-31-32-29(33(27)25-7-3-4-8-26(25)35-2)37-19-21-11-15-23(16-12-21)28(34)30-18-24-6-5-17-36-24/h3-17H,18-19H2,1-2H3,(H,30,34). The van der Waals surface area contributed by atoms with Crippen molar-refractivity contribution < 1.29 is 13.9 Å². The molecule has 0 fully saturated rings. The molecule has 0 aliphatic carbocycles. The van der Waals surface area contributed by atoms with E-state index in [-0.39, 0.29) is 5.91 Å². The molecule has 0 radical (unpaired) electrons. The SMILES string of the molecule is COc1ccccc1-n1c(SCc2ccc(C(=O)NCc3ccco3)cc2)nnc1-c1ccc(C)cc1. The van der Waals surface area contributed by atoms with Crippen LogP contribution < -0.4 is 10.1 Å². The van der Waals surface area contributed by atoms with E-state index in [2.05, 4.69) is 46.7 Å². The van der Waals surface area contributed by atoms with Crippen molar-refractivity contribution in [2.45, 2.75) is 24.4 Å². The second kappa shape index (κ2) is 11.2. The molecule has 1 N–H and O–H groups in total. The molecule has 7 nitrogen and oxygen atoms in total. The lowest BCUT2D eigenvalue weighted by molar-refractivity contribution is 0.0948. The van der Waals surface area contributed by atoms with Crippen LogP contribution in [0, 0.1) is 6.92 Å². The Morgan fingerprint density at radius 3 is 2.49 bits per heavy atom. The highest BCUT2D eigenvalue weighted by Gasteiger charge is 2.19. The minimum Gasteiger partial charge on any atom is -0.495 e. The highest BCUT2D eigenvalue weighted by Crippen LogP contribution is 2.33. The summed E-state index contributed by atoms with van der Waals surface area (Å²) in [5.74, 6) is 2.72. The Hall–Kier alpha value is -4.30. The molecule has 186 valence electrons. The molecule has 2 heterocycles. The summed E-state index contributed by atoms with van der Waals surface area (Å²) in [4.78, 5) is 12.5. The van der Waals surface area contributed by atoms with E-state index in [0.717, 1.165) is 33.5 Å². The van der Waals surface area contributed by atoms with Crippen molar-refractivity contribution in [3.8, 4) is 22.8 Å². The molecular formula is C29H26N4O3S. The molecule has 5 aromatic rings. The smallest absolute Gasteiger partial charge is 0.251 e. The van der Waals surface area contributed by atoms with Crippen molar-refractivity contribution in [2.24, 2.45) is 0 Å². The van der Waals surface area contributed by atoms with Gasteiger partial charge in [0, 0.05) is 16.9 Å². The average molecular weight is 511 g/mol. The number of furan rings is 1. The van der Waals surface area contributed by atoms with E-state index in [1.54, 1.807) is 31.2 Å². The average Bonchev–Trinajstić information content (AvgIpc) is 3.61. The van der Waals surface area contributed by atoms with Crippen LogP contribution in [0.3, 0.4) is 0 Å². The summed E-state index contributed by atoms with van der Waals surface area (Å²) in [6.45, 7) is 2.41. The molecule has 0 aliphatic heterocycles.